The van der Waals surface area contributed by atoms with Crippen molar-refractivity contribution >= 4 is 56.9 Å². The number of nitrogens with one attached hydrogen (secondary N) is 4. The topological polar surface area (TPSA) is 163 Å². The molecule has 3 aromatic carbocycles. The minimum Gasteiger partial charge on any atom is -0.484 e. The van der Waals surface area contributed by atoms with Crippen molar-refractivity contribution in [2.45, 2.75) is 49.9 Å². The van der Waals surface area contributed by atoms with Crippen molar-refractivity contribution in [1.82, 2.24) is 21.3 Å². The van der Waals surface area contributed by atoms with Crippen molar-refractivity contribution in [3.8, 4) is 5.75 Å². The van der Waals surface area contributed by atoms with Crippen molar-refractivity contribution < 1.29 is 33.8 Å². The van der Waals surface area contributed by atoms with E-state index in [4.69, 9.17) is 4.74 Å². The molecule has 2 aliphatic rings. The van der Waals surface area contributed by atoms with E-state index in [1.807, 2.05) is 35.7 Å². The van der Waals surface area contributed by atoms with Crippen LogP contribution in [0.15, 0.2) is 101 Å². The average molecular weight is 748 g/mol. The smallest absolute Gasteiger partial charge is 0.326 e. The van der Waals surface area contributed by atoms with Crippen LogP contribution in [0.2, 0.25) is 0 Å². The van der Waals surface area contributed by atoms with Gasteiger partial charge in [0.2, 0.25) is 17.7 Å². The fourth-order valence-electron chi connectivity index (χ4n) is 5.32. The van der Waals surface area contributed by atoms with Crippen LogP contribution in [0.5, 0.6) is 5.75 Å². The van der Waals surface area contributed by atoms with Crippen molar-refractivity contribution in [3.05, 3.63) is 122 Å². The number of thiophene rings is 1. The quantitative estimate of drug-likeness (QED) is 0.182. The molecule has 1 aromatic heterocycles. The zero-order valence-corrected chi connectivity index (χ0v) is 28.7. The number of rotatable bonds is 7. The Labute approximate surface area is 295 Å². The van der Waals surface area contributed by atoms with Crippen LogP contribution in [0.25, 0.3) is 0 Å². The fraction of sp³-hybridized carbons (Fsp3) is 0.250. The van der Waals surface area contributed by atoms with Gasteiger partial charge in [-0.3, -0.25) is 19.2 Å². The number of halogens is 1. The highest BCUT2D eigenvalue weighted by molar-refractivity contribution is 9.10. The van der Waals surface area contributed by atoms with Crippen LogP contribution in [-0.4, -0.2) is 65.5 Å². The van der Waals surface area contributed by atoms with Crippen molar-refractivity contribution in [2.24, 2.45) is 0 Å². The number of fused-ring (bicyclic) bond motifs is 16. The lowest BCUT2D eigenvalue weighted by molar-refractivity contribution is -0.142. The zero-order valence-electron chi connectivity index (χ0n) is 26.3. The molecule has 49 heavy (non-hydrogen) atoms. The Morgan fingerprint density at radius 3 is 1.90 bits per heavy atom. The number of carboxylic acid groups (broad SMARTS) is 1. The third-order valence-corrected chi connectivity index (χ3v) is 9.31. The first-order valence-corrected chi connectivity index (χ1v) is 17.3. The van der Waals surface area contributed by atoms with E-state index >= 15 is 0 Å². The van der Waals surface area contributed by atoms with Crippen molar-refractivity contribution in [2.75, 3.05) is 6.61 Å². The van der Waals surface area contributed by atoms with Crippen molar-refractivity contribution in [3.63, 3.8) is 0 Å². The van der Waals surface area contributed by atoms with Gasteiger partial charge in [-0.25, -0.2) is 4.79 Å². The molecule has 0 saturated heterocycles. The summed E-state index contributed by atoms with van der Waals surface area (Å²) in [5, 5.41) is 22.8. The number of carboxylic acids is 1. The predicted octanol–water partition coefficient (Wildman–Crippen LogP) is 3.20. The third kappa shape index (κ3) is 10.5. The number of hydrogen-bond donors (Lipinski definition) is 5. The molecule has 0 radical (unpaired) electrons. The van der Waals surface area contributed by atoms with Gasteiger partial charge in [0, 0.05) is 35.0 Å². The Kier molecular flexibility index (Phi) is 12.2. The van der Waals surface area contributed by atoms with E-state index in [2.05, 4.69) is 37.2 Å². The van der Waals surface area contributed by atoms with Crippen LogP contribution in [0.3, 0.4) is 0 Å². The first-order chi connectivity index (χ1) is 23.6. The molecule has 4 amide bonds. The first-order valence-electron chi connectivity index (χ1n) is 15.6. The molecule has 2 aliphatic heterocycles. The summed E-state index contributed by atoms with van der Waals surface area (Å²) in [5.41, 5.74) is 2.07. The van der Waals surface area contributed by atoms with Crippen LogP contribution < -0.4 is 26.0 Å². The second-order valence-corrected chi connectivity index (χ2v) is 13.5. The number of carbonyl (C=O) groups is 5. The van der Waals surface area contributed by atoms with E-state index in [0.29, 0.717) is 11.3 Å². The normalized spacial score (nSPS) is 20.8. The zero-order chi connectivity index (χ0) is 34.8. The maximum atomic E-state index is 14.1. The summed E-state index contributed by atoms with van der Waals surface area (Å²) >= 11 is 4.84. The number of aliphatic carboxylic acids is 1. The van der Waals surface area contributed by atoms with Crippen LogP contribution in [0.4, 0.5) is 0 Å². The summed E-state index contributed by atoms with van der Waals surface area (Å²) in [6.45, 7) is -0.384. The summed E-state index contributed by atoms with van der Waals surface area (Å²) in [6, 6.07) is 21.7. The number of benzene rings is 3. The molecular formula is C36H35BrN4O7S. The minimum absolute atomic E-state index is 0.0412. The second-order valence-electron chi connectivity index (χ2n) is 11.6. The molecule has 0 fully saturated rings. The largest absolute Gasteiger partial charge is 0.484 e. The predicted molar refractivity (Wildman–Crippen MR) is 187 cm³/mol. The molecular weight excluding hydrogens is 712 g/mol. The number of ether oxygens (including phenoxy) is 1. The van der Waals surface area contributed by atoms with Gasteiger partial charge in [0.25, 0.3) is 5.91 Å². The molecule has 0 spiro atoms. The summed E-state index contributed by atoms with van der Waals surface area (Å²) in [6.07, 6.45) is 0.262. The van der Waals surface area contributed by atoms with Gasteiger partial charge >= 0.3 is 5.97 Å². The Morgan fingerprint density at radius 2 is 1.31 bits per heavy atom. The van der Waals surface area contributed by atoms with E-state index in [9.17, 15) is 29.1 Å². The molecule has 3 heterocycles. The molecule has 1 unspecified atom stereocenters. The van der Waals surface area contributed by atoms with Gasteiger partial charge in [0.05, 0.1) is 0 Å². The summed E-state index contributed by atoms with van der Waals surface area (Å²) in [5.74, 6) is -3.39. The first kappa shape index (κ1) is 35.3. The van der Waals surface area contributed by atoms with Gasteiger partial charge in [0.15, 0.2) is 6.61 Å². The molecule has 4 atom stereocenters. The lowest BCUT2D eigenvalue weighted by Crippen LogP contribution is -2.59. The highest BCUT2D eigenvalue weighted by atomic mass is 79.9. The Balaban J connectivity index is 1.50. The minimum atomic E-state index is -1.31. The maximum absolute atomic E-state index is 14.1. The van der Waals surface area contributed by atoms with Gasteiger partial charge in [-0.2, -0.15) is 0 Å². The fourth-order valence-corrected chi connectivity index (χ4v) is 6.34. The molecule has 0 aliphatic carbocycles. The Morgan fingerprint density at radius 1 is 0.714 bits per heavy atom. The molecule has 13 heteroatoms. The van der Waals surface area contributed by atoms with Gasteiger partial charge in [-0.15, -0.1) is 11.3 Å². The molecule has 5 N–H and O–H groups in total. The lowest BCUT2D eigenvalue weighted by Gasteiger charge is -2.26. The Bertz CT molecular complexity index is 1750. The van der Waals surface area contributed by atoms with Crippen LogP contribution >= 0.6 is 27.3 Å². The van der Waals surface area contributed by atoms with Crippen LogP contribution in [0, 0.1) is 0 Å². The number of hydrogen-bond acceptors (Lipinski definition) is 7. The molecule has 11 nitrogen and oxygen atoms in total. The molecule has 2 bridgehead atoms. The molecule has 4 aromatic rings. The Hall–Kier alpha value is -5.01. The second kappa shape index (κ2) is 16.9. The number of amides is 4. The number of carbonyl (C=O) groups excluding carboxylic acids is 4. The van der Waals surface area contributed by atoms with Gasteiger partial charge in [0.1, 0.15) is 29.9 Å². The molecule has 0 saturated carbocycles. The van der Waals surface area contributed by atoms with Crippen molar-refractivity contribution in [1.29, 1.82) is 0 Å². The average Bonchev–Trinajstić information content (AvgIpc) is 3.61. The lowest BCUT2D eigenvalue weighted by atomic mass is 10.0. The standard InChI is InChI=1S/C36H35BrN4O7S/c37-25-12-8-23(9-13-25)18-29-33(43)39-28(17-22-5-2-1-3-6-22)34(44)41-31(36(46)47)19-24-10-14-26(15-11-24)48-21-32(42)38-30(35(45)40-29)20-27-7-4-16-49-27/h1-16,28-31H,17-21H2,(H,38,42)(H,39,43)(H,40,45)(H,41,44)(H,46,47)/t28?,29-,30+,31+/m1/s1. The molecule has 254 valence electrons. The van der Waals surface area contributed by atoms with Gasteiger partial charge < -0.3 is 31.1 Å². The van der Waals surface area contributed by atoms with E-state index in [-0.39, 0.29) is 32.3 Å². The van der Waals surface area contributed by atoms with Crippen LogP contribution in [-0.2, 0) is 49.7 Å². The molecule has 6 rings (SSSR count). The van der Waals surface area contributed by atoms with Crippen LogP contribution in [0.1, 0.15) is 21.6 Å². The van der Waals surface area contributed by atoms with E-state index < -0.39 is 53.8 Å². The van der Waals surface area contributed by atoms with E-state index in [1.165, 1.54) is 11.3 Å². The maximum Gasteiger partial charge on any atom is 0.326 e. The third-order valence-electron chi connectivity index (χ3n) is 7.89. The highest BCUT2D eigenvalue weighted by Crippen LogP contribution is 2.17. The highest BCUT2D eigenvalue weighted by Gasteiger charge is 2.32. The monoisotopic (exact) mass is 746 g/mol. The van der Waals surface area contributed by atoms with Gasteiger partial charge in [-0.1, -0.05) is 76.6 Å². The van der Waals surface area contributed by atoms with E-state index in [1.54, 1.807) is 60.7 Å². The summed E-state index contributed by atoms with van der Waals surface area (Å²) < 4.78 is 6.48. The van der Waals surface area contributed by atoms with Gasteiger partial charge in [-0.05, 0) is 52.4 Å². The summed E-state index contributed by atoms with van der Waals surface area (Å²) in [4.78, 5) is 67.9. The summed E-state index contributed by atoms with van der Waals surface area (Å²) in [7, 11) is 0. The SMILES string of the molecule is O=C1COc2ccc(cc2)C[C@@H](C(=O)O)NC(=O)C(Cc2ccccc2)NC(=O)[C@@H](Cc2ccc(Br)cc2)NC(=O)[C@H](Cc2cccs2)N1. The van der Waals surface area contributed by atoms with E-state index in [0.717, 1.165) is 20.5 Å².